The minimum atomic E-state index is -0.426. The lowest BCUT2D eigenvalue weighted by Crippen LogP contribution is -2.10. The zero-order chi connectivity index (χ0) is 47.6. The smallest absolute Gasteiger partial charge is 0.0645 e. The second-order valence-electron chi connectivity index (χ2n) is 16.0. The van der Waals surface area contributed by atoms with Crippen LogP contribution in [0.15, 0.2) is 255 Å². The predicted molar refractivity (Wildman–Crippen MR) is 272 cm³/mol. The molecule has 0 spiro atoms. The van der Waals surface area contributed by atoms with Gasteiger partial charge in [0.25, 0.3) is 0 Å². The first-order valence-electron chi connectivity index (χ1n) is 24.5. The zero-order valence-corrected chi connectivity index (χ0v) is 34.7. The molecule has 0 fully saturated rings. The Bertz CT molecular complexity index is 3910. The van der Waals surface area contributed by atoms with Crippen LogP contribution in [-0.4, -0.2) is 4.57 Å². The first-order valence-corrected chi connectivity index (χ1v) is 21.5. The molecular formula is C62H42N2. The highest BCUT2D eigenvalue weighted by molar-refractivity contribution is 6.26. The molecule has 300 valence electrons. The van der Waals surface area contributed by atoms with Crippen LogP contribution < -0.4 is 4.90 Å². The van der Waals surface area contributed by atoms with Crippen LogP contribution in [0, 0.1) is 0 Å². The van der Waals surface area contributed by atoms with Crippen LogP contribution in [0.25, 0.3) is 93.5 Å². The van der Waals surface area contributed by atoms with Gasteiger partial charge in [-0.05, 0) is 127 Å². The van der Waals surface area contributed by atoms with Crippen molar-refractivity contribution in [1.82, 2.24) is 4.57 Å². The van der Waals surface area contributed by atoms with Crippen molar-refractivity contribution in [2.45, 2.75) is 0 Å². The summed E-state index contributed by atoms with van der Waals surface area (Å²) in [7, 11) is 0. The Labute approximate surface area is 381 Å². The third-order valence-electron chi connectivity index (χ3n) is 12.3. The highest BCUT2D eigenvalue weighted by Gasteiger charge is 2.20. The maximum Gasteiger partial charge on any atom is 0.0645 e. The summed E-state index contributed by atoms with van der Waals surface area (Å²) in [5.74, 6) is 0. The molecule has 2 nitrogen and oxygen atoms in total. The summed E-state index contributed by atoms with van der Waals surface area (Å²) < 4.78 is 56.9. The Balaban J connectivity index is 1.05. The summed E-state index contributed by atoms with van der Waals surface area (Å²) in [5, 5.41) is 3.62. The van der Waals surface area contributed by atoms with Gasteiger partial charge in [-0.15, -0.1) is 0 Å². The molecule has 64 heavy (non-hydrogen) atoms. The summed E-state index contributed by atoms with van der Waals surface area (Å²) >= 11 is 0. The van der Waals surface area contributed by atoms with Crippen molar-refractivity contribution < 1.29 is 8.22 Å². The maximum atomic E-state index is 9.70. The van der Waals surface area contributed by atoms with Crippen LogP contribution in [0.5, 0.6) is 0 Å². The molecule has 12 aromatic rings. The topological polar surface area (TPSA) is 8.17 Å². The van der Waals surface area contributed by atoms with E-state index < -0.39 is 6.04 Å². The summed E-state index contributed by atoms with van der Waals surface area (Å²) in [6.45, 7) is 0. The molecule has 0 saturated heterocycles. The van der Waals surface area contributed by atoms with Crippen molar-refractivity contribution in [3.63, 3.8) is 0 Å². The average Bonchev–Trinajstić information content (AvgIpc) is 3.77. The number of anilines is 3. The van der Waals surface area contributed by atoms with E-state index in [0.29, 0.717) is 10.9 Å². The monoisotopic (exact) mass is 820 g/mol. The Morgan fingerprint density at radius 1 is 0.328 bits per heavy atom. The van der Waals surface area contributed by atoms with Crippen LogP contribution >= 0.6 is 0 Å². The predicted octanol–water partition coefficient (Wildman–Crippen LogP) is 17.2. The summed E-state index contributed by atoms with van der Waals surface area (Å²) in [4.78, 5) is 2.27. The van der Waals surface area contributed by atoms with Gasteiger partial charge in [0.2, 0.25) is 0 Å². The van der Waals surface area contributed by atoms with E-state index in [-0.39, 0.29) is 41.0 Å². The third-order valence-corrected chi connectivity index (χ3v) is 12.3. The molecule has 0 unspecified atom stereocenters. The number of aromatic nitrogens is 1. The van der Waals surface area contributed by atoms with Crippen molar-refractivity contribution in [1.29, 1.82) is 0 Å². The maximum absolute atomic E-state index is 9.70. The Hall–Kier alpha value is -8.46. The fourth-order valence-electron chi connectivity index (χ4n) is 9.33. The van der Waals surface area contributed by atoms with Gasteiger partial charge in [0.15, 0.2) is 0 Å². The summed E-state index contributed by atoms with van der Waals surface area (Å²) in [5.41, 5.74) is 13.2. The molecule has 2 heteroatoms. The minimum Gasteiger partial charge on any atom is -0.310 e. The van der Waals surface area contributed by atoms with E-state index in [9.17, 15) is 4.11 Å². The van der Waals surface area contributed by atoms with Gasteiger partial charge in [-0.1, -0.05) is 194 Å². The van der Waals surface area contributed by atoms with Gasteiger partial charge in [0.05, 0.1) is 19.3 Å². The first kappa shape index (κ1) is 31.4. The van der Waals surface area contributed by atoms with Crippen LogP contribution in [0.1, 0.15) is 8.22 Å². The standard InChI is InChI=1S/C62H42N2/c1-3-15-43(16-4-1)45-31-36-51(37-32-45)63(52-38-33-46(34-39-52)44-17-5-2-6-18-44)53-24-11-22-49(41-53)50-23-12-25-54(42-50)64-59-30-14-29-58(57-28-13-21-47-19-7-9-26-55(47)57)62(59)61-56-27-10-8-20-48(56)35-40-60(61)64/h1-42H/i8D,10D,20D,27D,35D,40D. The molecule has 0 saturated carbocycles. The highest BCUT2D eigenvalue weighted by atomic mass is 15.1. The SMILES string of the molecule is [2H]c1c([2H])c([2H])c2c(c1[2H])c([2H])c([2H])c1c2c2c(-c3cccc4ccccc34)cccc2n1-c1cccc(-c2cccc(N(c3ccc(-c4ccccc4)cc3)c3ccc(-c4ccccc4)cc3)c2)c1. The molecule has 0 atom stereocenters. The van der Waals surface area contributed by atoms with Crippen LogP contribution in [-0.2, 0) is 0 Å². The van der Waals surface area contributed by atoms with E-state index in [4.69, 9.17) is 4.11 Å². The number of rotatable bonds is 8. The molecule has 0 aliphatic heterocycles. The number of nitrogens with zero attached hydrogens (tertiary/aromatic N) is 2. The first-order chi connectivity index (χ1) is 34.2. The third kappa shape index (κ3) is 6.52. The van der Waals surface area contributed by atoms with E-state index in [1.807, 2.05) is 65.2 Å². The molecular weight excluding hydrogens is 773 g/mol. The van der Waals surface area contributed by atoms with Crippen molar-refractivity contribution in [2.24, 2.45) is 0 Å². The lowest BCUT2D eigenvalue weighted by atomic mass is 9.93. The van der Waals surface area contributed by atoms with Crippen molar-refractivity contribution >= 4 is 60.4 Å². The Kier molecular flexibility index (Phi) is 7.74. The summed E-state index contributed by atoms with van der Waals surface area (Å²) in [6, 6.07) is 73.4. The number of hydrogen-bond acceptors (Lipinski definition) is 1. The molecule has 1 aromatic heterocycles. The van der Waals surface area contributed by atoms with Gasteiger partial charge >= 0.3 is 0 Å². The van der Waals surface area contributed by atoms with Gasteiger partial charge in [-0.25, -0.2) is 0 Å². The lowest BCUT2D eigenvalue weighted by molar-refractivity contribution is 1.18. The van der Waals surface area contributed by atoms with E-state index in [1.54, 1.807) is 0 Å². The number of hydrogen-bond donors (Lipinski definition) is 0. The quantitative estimate of drug-likeness (QED) is 0.148. The summed E-state index contributed by atoms with van der Waals surface area (Å²) in [6.07, 6.45) is 0. The zero-order valence-electron chi connectivity index (χ0n) is 40.7. The highest BCUT2D eigenvalue weighted by Crippen LogP contribution is 2.44. The normalized spacial score (nSPS) is 12.8. The van der Waals surface area contributed by atoms with Crippen LogP contribution in [0.3, 0.4) is 0 Å². The molecule has 0 aliphatic carbocycles. The minimum absolute atomic E-state index is 0.0369. The Morgan fingerprint density at radius 2 is 0.891 bits per heavy atom. The second-order valence-corrected chi connectivity index (χ2v) is 16.0. The van der Waals surface area contributed by atoms with Crippen molar-refractivity contribution in [2.75, 3.05) is 4.90 Å². The fourth-order valence-corrected chi connectivity index (χ4v) is 9.33. The molecule has 1 heterocycles. The van der Waals surface area contributed by atoms with Gasteiger partial charge in [0, 0.05) is 33.5 Å². The van der Waals surface area contributed by atoms with E-state index in [2.05, 4.69) is 163 Å². The Morgan fingerprint density at radius 3 is 1.62 bits per heavy atom. The largest absolute Gasteiger partial charge is 0.310 e. The van der Waals surface area contributed by atoms with Crippen molar-refractivity contribution in [3.8, 4) is 50.2 Å². The lowest BCUT2D eigenvalue weighted by Gasteiger charge is -2.26. The van der Waals surface area contributed by atoms with Crippen molar-refractivity contribution in [3.05, 3.63) is 255 Å². The van der Waals surface area contributed by atoms with Crippen LogP contribution in [0.4, 0.5) is 17.1 Å². The van der Waals surface area contributed by atoms with E-state index >= 15 is 0 Å². The number of fused-ring (bicyclic) bond motifs is 6. The molecule has 0 bridgehead atoms. The van der Waals surface area contributed by atoms with E-state index in [0.717, 1.165) is 88.9 Å². The molecule has 12 rings (SSSR count). The second kappa shape index (κ2) is 15.8. The van der Waals surface area contributed by atoms with Gasteiger partial charge in [-0.2, -0.15) is 0 Å². The molecule has 0 amide bonds. The van der Waals surface area contributed by atoms with Gasteiger partial charge < -0.3 is 9.47 Å². The van der Waals surface area contributed by atoms with Gasteiger partial charge in [-0.3, -0.25) is 0 Å². The fraction of sp³-hybridized carbons (Fsp3) is 0. The molecule has 0 N–H and O–H groups in total. The molecule has 0 radical (unpaired) electrons. The molecule has 11 aromatic carbocycles. The molecule has 0 aliphatic rings. The van der Waals surface area contributed by atoms with E-state index in [1.165, 1.54) is 0 Å². The van der Waals surface area contributed by atoms with Gasteiger partial charge in [0.1, 0.15) is 0 Å². The average molecular weight is 821 g/mol. The van der Waals surface area contributed by atoms with Crippen LogP contribution in [0.2, 0.25) is 0 Å². The number of benzene rings is 11.